The summed E-state index contributed by atoms with van der Waals surface area (Å²) in [4.78, 5) is 0. The zero-order valence-corrected chi connectivity index (χ0v) is 7.73. The number of hydrogen-bond acceptors (Lipinski definition) is 3. The smallest absolute Gasteiger partial charge is 0.0937 e. The third kappa shape index (κ3) is 1.71. The second-order valence-corrected chi connectivity index (χ2v) is 3.27. The molecule has 1 aromatic carbocycles. The quantitative estimate of drug-likeness (QED) is 0.709. The predicted octanol–water partition coefficient (Wildman–Crippen LogP) is 2.03. The van der Waals surface area contributed by atoms with Crippen molar-refractivity contribution in [3.05, 3.63) is 47.9 Å². The van der Waals surface area contributed by atoms with Gasteiger partial charge in [0.15, 0.2) is 0 Å². The lowest BCUT2D eigenvalue weighted by molar-refractivity contribution is 0.564. The summed E-state index contributed by atoms with van der Waals surface area (Å²) < 4.78 is 4.98. The normalized spacial score (nSPS) is 10.3. The van der Waals surface area contributed by atoms with Crippen LogP contribution in [-0.4, -0.2) is 0 Å². The number of nitrogen functional groups attached to an aromatic ring is 2. The van der Waals surface area contributed by atoms with Gasteiger partial charge in [-0.3, -0.25) is 0 Å². The Morgan fingerprint density at radius 3 is 2.71 bits per heavy atom. The fourth-order valence-corrected chi connectivity index (χ4v) is 1.39. The Labute approximate surface area is 82.3 Å². The van der Waals surface area contributed by atoms with Crippen LogP contribution in [0.5, 0.6) is 0 Å². The van der Waals surface area contributed by atoms with E-state index in [2.05, 4.69) is 0 Å². The minimum Gasteiger partial charge on any atom is -0.472 e. The minimum absolute atomic E-state index is 0.734. The molecule has 0 atom stereocenters. The first-order valence-electron chi connectivity index (χ1n) is 4.40. The van der Waals surface area contributed by atoms with Crippen LogP contribution in [0.15, 0.2) is 41.2 Å². The average molecular weight is 188 g/mol. The molecule has 0 unspecified atom stereocenters. The monoisotopic (exact) mass is 188 g/mol. The van der Waals surface area contributed by atoms with Crippen LogP contribution in [0.4, 0.5) is 11.4 Å². The van der Waals surface area contributed by atoms with Gasteiger partial charge in [-0.2, -0.15) is 0 Å². The minimum atomic E-state index is 0.734. The van der Waals surface area contributed by atoms with Crippen molar-refractivity contribution in [3.63, 3.8) is 0 Å². The first kappa shape index (κ1) is 8.69. The molecule has 0 aliphatic rings. The van der Waals surface area contributed by atoms with Crippen LogP contribution in [0.1, 0.15) is 11.1 Å². The lowest BCUT2D eigenvalue weighted by atomic mass is 10.1. The molecule has 0 aliphatic heterocycles. The van der Waals surface area contributed by atoms with E-state index >= 15 is 0 Å². The second kappa shape index (κ2) is 3.46. The Morgan fingerprint density at radius 2 is 2.00 bits per heavy atom. The summed E-state index contributed by atoms with van der Waals surface area (Å²) in [6, 6.07) is 7.43. The summed E-state index contributed by atoms with van der Waals surface area (Å²) in [6.07, 6.45) is 4.12. The fraction of sp³-hybridized carbons (Fsp3) is 0.0909. The van der Waals surface area contributed by atoms with Gasteiger partial charge in [-0.15, -0.1) is 0 Å². The van der Waals surface area contributed by atoms with Gasteiger partial charge in [0.1, 0.15) is 0 Å². The maximum absolute atomic E-state index is 5.82. The maximum Gasteiger partial charge on any atom is 0.0937 e. The molecule has 1 heterocycles. The van der Waals surface area contributed by atoms with Crippen molar-refractivity contribution in [3.8, 4) is 0 Å². The highest BCUT2D eigenvalue weighted by molar-refractivity contribution is 5.56. The van der Waals surface area contributed by atoms with Crippen molar-refractivity contribution in [1.82, 2.24) is 0 Å². The summed E-state index contributed by atoms with van der Waals surface area (Å²) in [5, 5.41) is 0. The van der Waals surface area contributed by atoms with Gasteiger partial charge in [0.25, 0.3) is 0 Å². The van der Waals surface area contributed by atoms with Crippen molar-refractivity contribution >= 4 is 11.4 Å². The summed E-state index contributed by atoms with van der Waals surface area (Å²) in [7, 11) is 0. The lowest BCUT2D eigenvalue weighted by Crippen LogP contribution is -1.96. The largest absolute Gasteiger partial charge is 0.472 e. The predicted molar refractivity (Wildman–Crippen MR) is 56.8 cm³/mol. The van der Waals surface area contributed by atoms with Gasteiger partial charge in [-0.25, -0.2) is 0 Å². The molecule has 0 bridgehead atoms. The van der Waals surface area contributed by atoms with Crippen molar-refractivity contribution in [1.29, 1.82) is 0 Å². The summed E-state index contributed by atoms with van der Waals surface area (Å²) >= 11 is 0. The van der Waals surface area contributed by atoms with Crippen LogP contribution in [0.3, 0.4) is 0 Å². The van der Waals surface area contributed by atoms with Crippen LogP contribution in [-0.2, 0) is 6.42 Å². The SMILES string of the molecule is Nc1ccc(N)c(Cc2ccoc2)c1. The average Bonchev–Trinajstić information content (AvgIpc) is 2.64. The van der Waals surface area contributed by atoms with E-state index in [9.17, 15) is 0 Å². The van der Waals surface area contributed by atoms with Crippen LogP contribution < -0.4 is 11.5 Å². The van der Waals surface area contributed by atoms with E-state index in [-0.39, 0.29) is 0 Å². The van der Waals surface area contributed by atoms with Crippen LogP contribution in [0, 0.1) is 0 Å². The topological polar surface area (TPSA) is 65.2 Å². The molecular weight excluding hydrogens is 176 g/mol. The van der Waals surface area contributed by atoms with Gasteiger partial charge in [-0.05, 0) is 35.4 Å². The van der Waals surface area contributed by atoms with Gasteiger partial charge in [-0.1, -0.05) is 0 Å². The molecule has 0 saturated heterocycles. The molecular formula is C11H12N2O. The first-order chi connectivity index (χ1) is 6.75. The molecule has 2 rings (SSSR count). The molecule has 0 saturated carbocycles. The zero-order chi connectivity index (χ0) is 9.97. The number of benzene rings is 1. The van der Waals surface area contributed by atoms with E-state index in [1.165, 1.54) is 0 Å². The molecule has 0 aliphatic carbocycles. The molecule has 2 aromatic rings. The van der Waals surface area contributed by atoms with E-state index in [0.29, 0.717) is 0 Å². The molecule has 14 heavy (non-hydrogen) atoms. The summed E-state index contributed by atoms with van der Waals surface area (Å²) in [5.74, 6) is 0. The Morgan fingerprint density at radius 1 is 1.14 bits per heavy atom. The number of hydrogen-bond donors (Lipinski definition) is 2. The number of anilines is 2. The van der Waals surface area contributed by atoms with E-state index in [0.717, 1.165) is 28.9 Å². The molecule has 3 heteroatoms. The molecule has 3 nitrogen and oxygen atoms in total. The third-order valence-electron chi connectivity index (χ3n) is 2.14. The summed E-state index contributed by atoms with van der Waals surface area (Å²) in [6.45, 7) is 0. The lowest BCUT2D eigenvalue weighted by Gasteiger charge is -2.04. The highest BCUT2D eigenvalue weighted by atomic mass is 16.3. The zero-order valence-electron chi connectivity index (χ0n) is 7.73. The van der Waals surface area contributed by atoms with Gasteiger partial charge in [0, 0.05) is 17.8 Å². The Balaban J connectivity index is 2.28. The number of furan rings is 1. The van der Waals surface area contributed by atoms with Crippen molar-refractivity contribution in [2.45, 2.75) is 6.42 Å². The van der Waals surface area contributed by atoms with Crippen LogP contribution in [0.2, 0.25) is 0 Å². The van der Waals surface area contributed by atoms with Crippen molar-refractivity contribution in [2.75, 3.05) is 11.5 Å². The summed E-state index contributed by atoms with van der Waals surface area (Å²) in [5.41, 5.74) is 15.1. The van der Waals surface area contributed by atoms with E-state index in [4.69, 9.17) is 15.9 Å². The molecule has 0 spiro atoms. The fourth-order valence-electron chi connectivity index (χ4n) is 1.39. The maximum atomic E-state index is 5.82. The highest BCUT2D eigenvalue weighted by Crippen LogP contribution is 2.19. The van der Waals surface area contributed by atoms with E-state index in [1.54, 1.807) is 18.6 Å². The first-order valence-corrected chi connectivity index (χ1v) is 4.40. The standard InChI is InChI=1S/C11H12N2O/c12-10-1-2-11(13)9(6-10)5-8-3-4-14-7-8/h1-4,6-7H,5,12-13H2. The van der Waals surface area contributed by atoms with E-state index < -0.39 is 0 Å². The van der Waals surface area contributed by atoms with Crippen LogP contribution in [0.25, 0.3) is 0 Å². The van der Waals surface area contributed by atoms with Gasteiger partial charge >= 0.3 is 0 Å². The van der Waals surface area contributed by atoms with E-state index in [1.807, 2.05) is 18.2 Å². The Bertz CT molecular complexity index is 421. The molecule has 0 amide bonds. The van der Waals surface area contributed by atoms with Crippen molar-refractivity contribution < 1.29 is 4.42 Å². The Hall–Kier alpha value is -1.90. The molecule has 0 radical (unpaired) electrons. The van der Waals surface area contributed by atoms with Gasteiger partial charge in [0.05, 0.1) is 12.5 Å². The molecule has 1 aromatic heterocycles. The van der Waals surface area contributed by atoms with Gasteiger partial charge in [0.2, 0.25) is 0 Å². The highest BCUT2D eigenvalue weighted by Gasteiger charge is 2.02. The van der Waals surface area contributed by atoms with Crippen LogP contribution >= 0.6 is 0 Å². The number of nitrogens with two attached hydrogens (primary N) is 2. The van der Waals surface area contributed by atoms with Gasteiger partial charge < -0.3 is 15.9 Å². The Kier molecular flexibility index (Phi) is 2.14. The van der Waals surface area contributed by atoms with Crippen molar-refractivity contribution in [2.24, 2.45) is 0 Å². The molecule has 0 fully saturated rings. The number of rotatable bonds is 2. The molecule has 72 valence electrons. The third-order valence-corrected chi connectivity index (χ3v) is 2.14. The molecule has 4 N–H and O–H groups in total. The second-order valence-electron chi connectivity index (χ2n) is 3.27.